The molecule has 0 bridgehead atoms. The van der Waals surface area contributed by atoms with Crippen LogP contribution < -0.4 is 0 Å². The zero-order valence-corrected chi connectivity index (χ0v) is 12.9. The Labute approximate surface area is 121 Å². The molecular weight excluding hydrogens is 280 g/mol. The second kappa shape index (κ2) is 5.40. The van der Waals surface area contributed by atoms with E-state index in [9.17, 15) is 9.59 Å². The van der Waals surface area contributed by atoms with E-state index in [-0.39, 0.29) is 6.09 Å². The van der Waals surface area contributed by atoms with Gasteiger partial charge in [0.05, 0.1) is 19.3 Å². The Hall–Kier alpha value is -1.63. The summed E-state index contributed by atoms with van der Waals surface area (Å²) in [5.41, 5.74) is 0.240. The van der Waals surface area contributed by atoms with Crippen LogP contribution >= 0.6 is 11.3 Å². The Balaban J connectivity index is 2.09. The molecule has 0 unspecified atom stereocenters. The molecule has 0 saturated heterocycles. The number of ether oxygens (including phenoxy) is 2. The van der Waals surface area contributed by atoms with Gasteiger partial charge in [-0.05, 0) is 20.8 Å². The number of carbonyl (C=O) groups is 2. The number of amides is 1. The van der Waals surface area contributed by atoms with E-state index in [4.69, 9.17) is 4.74 Å². The molecule has 0 fully saturated rings. The number of methoxy groups -OCH3 is 1. The zero-order chi connectivity index (χ0) is 14.9. The monoisotopic (exact) mass is 298 g/mol. The van der Waals surface area contributed by atoms with Crippen molar-refractivity contribution in [2.75, 3.05) is 13.7 Å². The maximum Gasteiger partial charge on any atom is 0.410 e. The average molecular weight is 298 g/mol. The SMILES string of the molecule is COC(=O)c1nc2c(s1)CCN(C(=O)OC(C)(C)C)C2. The lowest BCUT2D eigenvalue weighted by atomic mass is 10.2. The van der Waals surface area contributed by atoms with Crippen molar-refractivity contribution < 1.29 is 19.1 Å². The first kappa shape index (κ1) is 14.8. The summed E-state index contributed by atoms with van der Waals surface area (Å²) in [6, 6.07) is 0. The fourth-order valence-corrected chi connectivity index (χ4v) is 2.83. The smallest absolute Gasteiger partial charge is 0.410 e. The van der Waals surface area contributed by atoms with Gasteiger partial charge in [-0.15, -0.1) is 11.3 Å². The van der Waals surface area contributed by atoms with Crippen molar-refractivity contribution in [1.29, 1.82) is 0 Å². The van der Waals surface area contributed by atoms with Crippen LogP contribution in [0.3, 0.4) is 0 Å². The summed E-state index contributed by atoms with van der Waals surface area (Å²) < 4.78 is 10.00. The number of hydrogen-bond donors (Lipinski definition) is 0. The minimum absolute atomic E-state index is 0.337. The van der Waals surface area contributed by atoms with Crippen molar-refractivity contribution in [3.05, 3.63) is 15.6 Å². The normalized spacial score (nSPS) is 14.7. The van der Waals surface area contributed by atoms with Gasteiger partial charge in [-0.25, -0.2) is 14.6 Å². The van der Waals surface area contributed by atoms with Crippen molar-refractivity contribution >= 4 is 23.4 Å². The van der Waals surface area contributed by atoms with Crippen LogP contribution in [0, 0.1) is 0 Å². The molecule has 1 aliphatic heterocycles. The van der Waals surface area contributed by atoms with Crippen molar-refractivity contribution in [2.45, 2.75) is 39.3 Å². The molecule has 6 nitrogen and oxygen atoms in total. The molecule has 2 rings (SSSR count). The predicted molar refractivity (Wildman–Crippen MR) is 73.8 cm³/mol. The van der Waals surface area contributed by atoms with E-state index >= 15 is 0 Å². The van der Waals surface area contributed by atoms with Crippen LogP contribution in [0.5, 0.6) is 0 Å². The van der Waals surface area contributed by atoms with Crippen molar-refractivity contribution in [1.82, 2.24) is 9.88 Å². The van der Waals surface area contributed by atoms with Crippen LogP contribution in [0.25, 0.3) is 0 Å². The lowest BCUT2D eigenvalue weighted by Crippen LogP contribution is -2.39. The van der Waals surface area contributed by atoms with Gasteiger partial charge in [0.15, 0.2) is 0 Å². The van der Waals surface area contributed by atoms with Crippen molar-refractivity contribution in [3.63, 3.8) is 0 Å². The van der Waals surface area contributed by atoms with Crippen LogP contribution in [0.2, 0.25) is 0 Å². The maximum atomic E-state index is 12.0. The summed E-state index contributed by atoms with van der Waals surface area (Å²) in [6.45, 7) is 6.44. The predicted octanol–water partition coefficient (Wildman–Crippen LogP) is 2.22. The van der Waals surface area contributed by atoms with Crippen LogP contribution in [-0.2, 0) is 22.4 Å². The van der Waals surface area contributed by atoms with Crippen LogP contribution in [0.1, 0.15) is 41.1 Å². The summed E-state index contributed by atoms with van der Waals surface area (Å²) in [5, 5.41) is 0.337. The molecule has 110 valence electrons. The molecule has 0 saturated carbocycles. The van der Waals surface area contributed by atoms with E-state index in [0.717, 1.165) is 10.6 Å². The van der Waals surface area contributed by atoms with Crippen LogP contribution in [-0.4, -0.2) is 41.2 Å². The zero-order valence-electron chi connectivity index (χ0n) is 12.1. The molecule has 1 amide bonds. The lowest BCUT2D eigenvalue weighted by Gasteiger charge is -2.29. The second-order valence-electron chi connectivity index (χ2n) is 5.53. The molecule has 0 aromatic carbocycles. The number of fused-ring (bicyclic) bond motifs is 1. The van der Waals surface area contributed by atoms with Gasteiger partial charge in [-0.3, -0.25) is 0 Å². The van der Waals surface area contributed by atoms with Crippen LogP contribution in [0.15, 0.2) is 0 Å². The van der Waals surface area contributed by atoms with Gasteiger partial charge >= 0.3 is 12.1 Å². The van der Waals surface area contributed by atoms with Gasteiger partial charge in [0.2, 0.25) is 5.01 Å². The first-order chi connectivity index (χ1) is 9.30. The van der Waals surface area contributed by atoms with Gasteiger partial charge in [0, 0.05) is 17.8 Å². The van der Waals surface area contributed by atoms with Crippen molar-refractivity contribution in [3.8, 4) is 0 Å². The molecule has 0 aliphatic carbocycles. The molecule has 0 radical (unpaired) electrons. The summed E-state index contributed by atoms with van der Waals surface area (Å²) in [4.78, 5) is 30.3. The number of carbonyl (C=O) groups excluding carboxylic acids is 2. The molecule has 0 spiro atoms. The Morgan fingerprint density at radius 2 is 2.05 bits per heavy atom. The number of thiazole rings is 1. The number of hydrogen-bond acceptors (Lipinski definition) is 6. The molecule has 1 aromatic heterocycles. The summed E-state index contributed by atoms with van der Waals surface area (Å²) >= 11 is 1.33. The third-order valence-corrected chi connectivity index (χ3v) is 3.88. The van der Waals surface area contributed by atoms with E-state index < -0.39 is 11.6 Å². The second-order valence-corrected chi connectivity index (χ2v) is 6.62. The number of aromatic nitrogens is 1. The minimum atomic E-state index is -0.517. The van der Waals surface area contributed by atoms with Gasteiger partial charge in [0.25, 0.3) is 0 Å². The molecule has 1 aromatic rings. The number of rotatable bonds is 1. The van der Waals surface area contributed by atoms with E-state index in [1.165, 1.54) is 18.4 Å². The first-order valence-electron chi connectivity index (χ1n) is 6.35. The fraction of sp³-hybridized carbons (Fsp3) is 0.615. The number of esters is 1. The first-order valence-corrected chi connectivity index (χ1v) is 7.16. The Morgan fingerprint density at radius 3 is 2.65 bits per heavy atom. The topological polar surface area (TPSA) is 68.7 Å². The quantitative estimate of drug-likeness (QED) is 0.744. The molecule has 20 heavy (non-hydrogen) atoms. The Kier molecular flexibility index (Phi) is 3.99. The molecule has 2 heterocycles. The molecule has 1 aliphatic rings. The highest BCUT2D eigenvalue weighted by atomic mass is 32.1. The Morgan fingerprint density at radius 1 is 1.35 bits per heavy atom. The van der Waals surface area contributed by atoms with Crippen LogP contribution in [0.4, 0.5) is 4.79 Å². The molecule has 0 atom stereocenters. The van der Waals surface area contributed by atoms with Gasteiger partial charge in [-0.1, -0.05) is 0 Å². The van der Waals surface area contributed by atoms with E-state index in [2.05, 4.69) is 9.72 Å². The molecule has 0 N–H and O–H groups in total. The Bertz CT molecular complexity index is 533. The fourth-order valence-electron chi connectivity index (χ4n) is 1.86. The minimum Gasteiger partial charge on any atom is -0.464 e. The maximum absolute atomic E-state index is 12.0. The van der Waals surface area contributed by atoms with Gasteiger partial charge in [0.1, 0.15) is 5.60 Å². The summed E-state index contributed by atoms with van der Waals surface area (Å²) in [7, 11) is 1.33. The highest BCUT2D eigenvalue weighted by molar-refractivity contribution is 7.13. The standard InChI is InChI=1S/C13H18N2O4S/c1-13(2,3)19-12(17)15-6-5-9-8(7-15)14-10(20-9)11(16)18-4/h5-7H2,1-4H3. The molecular formula is C13H18N2O4S. The van der Waals surface area contributed by atoms with E-state index in [1.807, 2.05) is 20.8 Å². The lowest BCUT2D eigenvalue weighted by molar-refractivity contribution is 0.0222. The summed E-state index contributed by atoms with van der Waals surface area (Å²) in [6.07, 6.45) is 0.333. The largest absolute Gasteiger partial charge is 0.464 e. The number of nitrogens with zero attached hydrogens (tertiary/aromatic N) is 2. The third kappa shape index (κ3) is 3.27. The average Bonchev–Trinajstić information content (AvgIpc) is 2.78. The van der Waals surface area contributed by atoms with E-state index in [1.54, 1.807) is 4.90 Å². The van der Waals surface area contributed by atoms with Gasteiger partial charge in [-0.2, -0.15) is 0 Å². The third-order valence-electron chi connectivity index (χ3n) is 2.74. The van der Waals surface area contributed by atoms with Crippen molar-refractivity contribution in [2.24, 2.45) is 0 Å². The van der Waals surface area contributed by atoms with Gasteiger partial charge < -0.3 is 14.4 Å². The molecule has 7 heteroatoms. The highest BCUT2D eigenvalue weighted by Crippen LogP contribution is 2.26. The highest BCUT2D eigenvalue weighted by Gasteiger charge is 2.28. The van der Waals surface area contributed by atoms with E-state index in [0.29, 0.717) is 24.5 Å². The summed E-state index contributed by atoms with van der Waals surface area (Å²) in [5.74, 6) is -0.437.